The van der Waals surface area contributed by atoms with Gasteiger partial charge in [0.25, 0.3) is 5.91 Å². The second-order valence-electron chi connectivity index (χ2n) is 6.52. The van der Waals surface area contributed by atoms with Gasteiger partial charge in [-0.2, -0.15) is 0 Å². The number of aliphatic hydroxyl groups excluding tert-OH is 1. The number of carbonyl (C=O) groups excluding carboxylic acids is 1. The van der Waals surface area contributed by atoms with Crippen molar-refractivity contribution in [3.8, 4) is 11.5 Å². The lowest BCUT2D eigenvalue weighted by molar-refractivity contribution is 0.0232. The number of rotatable bonds is 7. The zero-order valence-electron chi connectivity index (χ0n) is 14.6. The fourth-order valence-corrected chi connectivity index (χ4v) is 3.21. The normalized spacial score (nSPS) is 21.1. The summed E-state index contributed by atoms with van der Waals surface area (Å²) in [5.74, 6) is 1.08. The van der Waals surface area contributed by atoms with Gasteiger partial charge in [0.05, 0.1) is 29.9 Å². The van der Waals surface area contributed by atoms with Crippen LogP contribution in [0.4, 0.5) is 0 Å². The van der Waals surface area contributed by atoms with E-state index >= 15 is 0 Å². The number of nitrogens with one attached hydrogen (secondary N) is 1. The van der Waals surface area contributed by atoms with Crippen molar-refractivity contribution in [3.63, 3.8) is 0 Å². The Morgan fingerprint density at radius 1 is 1.38 bits per heavy atom. The number of hydrogen-bond acceptors (Lipinski definition) is 4. The molecule has 1 aliphatic rings. The highest BCUT2D eigenvalue weighted by atomic mass is 35.5. The minimum absolute atomic E-state index is 0.0239. The minimum atomic E-state index is -0.239. The van der Waals surface area contributed by atoms with E-state index in [-0.39, 0.29) is 24.2 Å². The average molecular weight is 356 g/mol. The van der Waals surface area contributed by atoms with Gasteiger partial charge in [0.1, 0.15) is 0 Å². The summed E-state index contributed by atoms with van der Waals surface area (Å²) in [6.45, 7) is 5.84. The first-order chi connectivity index (χ1) is 11.3. The van der Waals surface area contributed by atoms with Crippen LogP contribution in [0.2, 0.25) is 5.02 Å². The second kappa shape index (κ2) is 8.08. The van der Waals surface area contributed by atoms with Crippen molar-refractivity contribution in [2.75, 3.05) is 7.11 Å². The molecule has 0 spiro atoms. The van der Waals surface area contributed by atoms with E-state index in [1.807, 2.05) is 20.8 Å². The van der Waals surface area contributed by atoms with Crippen LogP contribution in [0, 0.1) is 5.92 Å². The number of benzene rings is 1. The summed E-state index contributed by atoms with van der Waals surface area (Å²) >= 11 is 6.28. The zero-order chi connectivity index (χ0) is 17.9. The van der Waals surface area contributed by atoms with Crippen molar-refractivity contribution in [2.45, 2.75) is 58.3 Å². The molecule has 5 nitrogen and oxygen atoms in total. The summed E-state index contributed by atoms with van der Waals surface area (Å²) in [6.07, 6.45) is 2.02. The van der Waals surface area contributed by atoms with Gasteiger partial charge in [0.15, 0.2) is 11.5 Å². The van der Waals surface area contributed by atoms with Crippen LogP contribution in [-0.2, 0) is 0 Å². The molecule has 0 aromatic heterocycles. The predicted molar refractivity (Wildman–Crippen MR) is 94.0 cm³/mol. The Balaban J connectivity index is 2.16. The number of aliphatic hydroxyl groups is 1. The van der Waals surface area contributed by atoms with Crippen LogP contribution in [-0.4, -0.2) is 36.4 Å². The fourth-order valence-electron chi connectivity index (χ4n) is 2.97. The van der Waals surface area contributed by atoms with E-state index in [0.717, 1.165) is 19.3 Å². The molecule has 0 aliphatic heterocycles. The molecule has 0 radical (unpaired) electrons. The zero-order valence-corrected chi connectivity index (χ0v) is 15.4. The van der Waals surface area contributed by atoms with Crippen molar-refractivity contribution >= 4 is 17.5 Å². The summed E-state index contributed by atoms with van der Waals surface area (Å²) in [4.78, 5) is 12.6. The highest BCUT2D eigenvalue weighted by molar-refractivity contribution is 6.34. The summed E-state index contributed by atoms with van der Waals surface area (Å²) in [7, 11) is 1.53. The number of ether oxygens (including phenoxy) is 2. The summed E-state index contributed by atoms with van der Waals surface area (Å²) < 4.78 is 11.0. The Hall–Kier alpha value is -1.46. The topological polar surface area (TPSA) is 67.8 Å². The monoisotopic (exact) mass is 355 g/mol. The Morgan fingerprint density at radius 2 is 2.04 bits per heavy atom. The van der Waals surface area contributed by atoms with Gasteiger partial charge < -0.3 is 19.9 Å². The highest BCUT2D eigenvalue weighted by Gasteiger charge is 2.34. The Labute approximate surface area is 148 Å². The molecule has 2 rings (SSSR count). The maximum absolute atomic E-state index is 12.6. The van der Waals surface area contributed by atoms with Gasteiger partial charge in [-0.1, -0.05) is 18.5 Å². The van der Waals surface area contributed by atoms with Crippen LogP contribution in [0.15, 0.2) is 12.1 Å². The standard InChI is InChI=1S/C18H26ClNO4/c1-5-15(11-6-12(21)7-11)20-18(22)13-8-16(23-4)17(9-14(13)19)24-10(2)3/h8-12,15,21H,5-7H2,1-4H3,(H,20,22)/t11?,12?,15-/m1/s1. The first kappa shape index (κ1) is 18.9. The molecule has 0 bridgehead atoms. The van der Waals surface area contributed by atoms with Gasteiger partial charge in [-0.3, -0.25) is 4.79 Å². The third-order valence-corrected chi connectivity index (χ3v) is 4.65. The van der Waals surface area contributed by atoms with Gasteiger partial charge >= 0.3 is 0 Å². The van der Waals surface area contributed by atoms with Crippen LogP contribution in [0.1, 0.15) is 50.4 Å². The predicted octanol–water partition coefficient (Wildman–Crippen LogP) is 3.42. The van der Waals surface area contributed by atoms with E-state index in [2.05, 4.69) is 5.32 Å². The molecule has 134 valence electrons. The molecule has 0 unspecified atom stereocenters. The van der Waals surface area contributed by atoms with E-state index in [9.17, 15) is 9.90 Å². The molecule has 1 fully saturated rings. The van der Waals surface area contributed by atoms with E-state index in [1.165, 1.54) is 7.11 Å². The molecular weight excluding hydrogens is 330 g/mol. The summed E-state index contributed by atoms with van der Waals surface area (Å²) in [5.41, 5.74) is 0.364. The Kier molecular flexibility index (Phi) is 6.35. The van der Waals surface area contributed by atoms with Crippen LogP contribution < -0.4 is 14.8 Å². The smallest absolute Gasteiger partial charge is 0.253 e. The van der Waals surface area contributed by atoms with Crippen LogP contribution in [0.25, 0.3) is 0 Å². The molecule has 0 heterocycles. The minimum Gasteiger partial charge on any atom is -0.493 e. The lowest BCUT2D eigenvalue weighted by Crippen LogP contribution is -2.46. The molecule has 24 heavy (non-hydrogen) atoms. The maximum Gasteiger partial charge on any atom is 0.253 e. The third-order valence-electron chi connectivity index (χ3n) is 4.34. The molecule has 2 N–H and O–H groups in total. The van der Waals surface area contributed by atoms with Gasteiger partial charge in [-0.15, -0.1) is 0 Å². The lowest BCUT2D eigenvalue weighted by Gasteiger charge is -2.37. The van der Waals surface area contributed by atoms with Crippen molar-refractivity contribution in [1.29, 1.82) is 0 Å². The van der Waals surface area contributed by atoms with E-state index in [1.54, 1.807) is 12.1 Å². The summed E-state index contributed by atoms with van der Waals surface area (Å²) in [5, 5.41) is 12.8. The van der Waals surface area contributed by atoms with Gasteiger partial charge in [0.2, 0.25) is 0 Å². The van der Waals surface area contributed by atoms with Crippen molar-refractivity contribution in [1.82, 2.24) is 5.32 Å². The molecule has 1 saturated carbocycles. The fraction of sp³-hybridized carbons (Fsp3) is 0.611. The third kappa shape index (κ3) is 4.33. The second-order valence-corrected chi connectivity index (χ2v) is 6.93. The van der Waals surface area contributed by atoms with Crippen LogP contribution in [0.5, 0.6) is 11.5 Å². The van der Waals surface area contributed by atoms with Gasteiger partial charge in [0, 0.05) is 12.1 Å². The molecule has 1 aromatic rings. The highest BCUT2D eigenvalue weighted by Crippen LogP contribution is 2.35. The largest absolute Gasteiger partial charge is 0.493 e. The van der Waals surface area contributed by atoms with Gasteiger partial charge in [-0.25, -0.2) is 0 Å². The van der Waals surface area contributed by atoms with Crippen molar-refractivity contribution in [3.05, 3.63) is 22.7 Å². The quantitative estimate of drug-likeness (QED) is 0.786. The SMILES string of the molecule is CC[C@@H](NC(=O)c1cc(OC)c(OC(C)C)cc1Cl)C1CC(O)C1. The molecule has 0 saturated heterocycles. The molecule has 1 amide bonds. The Morgan fingerprint density at radius 3 is 2.54 bits per heavy atom. The van der Waals surface area contributed by atoms with Crippen molar-refractivity contribution in [2.24, 2.45) is 5.92 Å². The van der Waals surface area contributed by atoms with Gasteiger partial charge in [-0.05, 0) is 45.1 Å². The number of amides is 1. The lowest BCUT2D eigenvalue weighted by atomic mass is 9.76. The van der Waals surface area contributed by atoms with E-state index in [4.69, 9.17) is 21.1 Å². The molecule has 1 aliphatic carbocycles. The first-order valence-corrected chi connectivity index (χ1v) is 8.76. The average Bonchev–Trinajstić information content (AvgIpc) is 2.49. The van der Waals surface area contributed by atoms with E-state index in [0.29, 0.717) is 28.0 Å². The van der Waals surface area contributed by atoms with Crippen LogP contribution in [0.3, 0.4) is 0 Å². The number of halogens is 1. The number of carbonyl (C=O) groups is 1. The first-order valence-electron chi connectivity index (χ1n) is 8.38. The molecule has 6 heteroatoms. The Bertz CT molecular complexity index is 585. The molecule has 1 atom stereocenters. The van der Waals surface area contributed by atoms with Crippen molar-refractivity contribution < 1.29 is 19.4 Å². The van der Waals surface area contributed by atoms with Crippen LogP contribution >= 0.6 is 11.6 Å². The van der Waals surface area contributed by atoms with E-state index < -0.39 is 0 Å². The maximum atomic E-state index is 12.6. The number of hydrogen-bond donors (Lipinski definition) is 2. The number of methoxy groups -OCH3 is 1. The molecular formula is C18H26ClNO4. The molecule has 1 aromatic carbocycles. The summed E-state index contributed by atoms with van der Waals surface area (Å²) in [6, 6.07) is 3.26.